The first-order valence-electron chi connectivity index (χ1n) is 7.91. The van der Waals surface area contributed by atoms with E-state index in [9.17, 15) is 9.18 Å². The second kappa shape index (κ2) is 6.91. The van der Waals surface area contributed by atoms with Crippen molar-refractivity contribution in [2.75, 3.05) is 14.2 Å². The summed E-state index contributed by atoms with van der Waals surface area (Å²) in [6, 6.07) is 11.9. The van der Waals surface area contributed by atoms with E-state index in [0.717, 1.165) is 12.8 Å². The first-order chi connectivity index (χ1) is 11.7. The van der Waals surface area contributed by atoms with E-state index in [1.807, 2.05) is 0 Å². The van der Waals surface area contributed by atoms with Crippen LogP contribution in [0.2, 0.25) is 0 Å². The van der Waals surface area contributed by atoms with Gasteiger partial charge in [-0.1, -0.05) is 24.3 Å². The number of nitrogens with zero attached hydrogens (tertiary/aromatic N) is 1. The number of hydrogen-bond donors (Lipinski definition) is 0. The summed E-state index contributed by atoms with van der Waals surface area (Å²) in [5.41, 5.74) is 0.944. The zero-order valence-electron chi connectivity index (χ0n) is 13.8. The minimum absolute atomic E-state index is 0.146. The average Bonchev–Trinajstić information content (AvgIpc) is 3.44. The number of carbonyl (C=O) groups excluding carboxylic acids is 1. The van der Waals surface area contributed by atoms with Crippen LogP contribution >= 0.6 is 0 Å². The summed E-state index contributed by atoms with van der Waals surface area (Å²) in [5.74, 6) is 0.444. The molecule has 0 aliphatic heterocycles. The fourth-order valence-corrected chi connectivity index (χ4v) is 2.77. The maximum Gasteiger partial charge on any atom is 0.258 e. The van der Waals surface area contributed by atoms with Crippen LogP contribution in [0.4, 0.5) is 4.39 Å². The SMILES string of the molecule is COc1cccc(C(=O)N(Cc2ccccc2F)C2CC2)c1OC. The van der Waals surface area contributed by atoms with Crippen LogP contribution in [0.5, 0.6) is 11.5 Å². The van der Waals surface area contributed by atoms with E-state index in [1.54, 1.807) is 41.3 Å². The number of ether oxygens (including phenoxy) is 2. The lowest BCUT2D eigenvalue weighted by Crippen LogP contribution is -2.33. The Morgan fingerprint density at radius 1 is 1.12 bits per heavy atom. The van der Waals surface area contributed by atoms with E-state index in [2.05, 4.69) is 0 Å². The van der Waals surface area contributed by atoms with Crippen molar-refractivity contribution in [3.63, 3.8) is 0 Å². The number of para-hydroxylation sites is 1. The van der Waals surface area contributed by atoms with Gasteiger partial charge in [0.15, 0.2) is 11.5 Å². The van der Waals surface area contributed by atoms with E-state index >= 15 is 0 Å². The normalized spacial score (nSPS) is 13.5. The molecular formula is C19H20FNO3. The molecule has 4 nitrogen and oxygen atoms in total. The van der Waals surface area contributed by atoms with Crippen molar-refractivity contribution in [3.05, 3.63) is 59.4 Å². The van der Waals surface area contributed by atoms with Gasteiger partial charge in [0.05, 0.1) is 19.8 Å². The molecule has 0 radical (unpaired) electrons. The Morgan fingerprint density at radius 2 is 1.88 bits per heavy atom. The summed E-state index contributed by atoms with van der Waals surface area (Å²) >= 11 is 0. The maximum absolute atomic E-state index is 14.0. The number of rotatable bonds is 6. The number of benzene rings is 2. The Hall–Kier alpha value is -2.56. The molecule has 0 bridgehead atoms. The van der Waals surface area contributed by atoms with E-state index in [-0.39, 0.29) is 24.3 Å². The fourth-order valence-electron chi connectivity index (χ4n) is 2.77. The summed E-state index contributed by atoms with van der Waals surface area (Å²) in [6.45, 7) is 0.247. The summed E-state index contributed by atoms with van der Waals surface area (Å²) in [6.07, 6.45) is 1.87. The Kier molecular flexibility index (Phi) is 4.69. The number of hydrogen-bond acceptors (Lipinski definition) is 3. The van der Waals surface area contributed by atoms with Crippen molar-refractivity contribution in [2.45, 2.75) is 25.4 Å². The third kappa shape index (κ3) is 3.20. The minimum atomic E-state index is -0.298. The Balaban J connectivity index is 1.92. The van der Waals surface area contributed by atoms with Gasteiger partial charge in [0.25, 0.3) is 5.91 Å². The molecule has 0 spiro atoms. The molecule has 0 aromatic heterocycles. The zero-order chi connectivity index (χ0) is 17.1. The fraction of sp³-hybridized carbons (Fsp3) is 0.316. The highest BCUT2D eigenvalue weighted by Crippen LogP contribution is 2.35. The van der Waals surface area contributed by atoms with Crippen molar-refractivity contribution >= 4 is 5.91 Å². The molecule has 1 amide bonds. The molecule has 3 rings (SSSR count). The minimum Gasteiger partial charge on any atom is -0.493 e. The topological polar surface area (TPSA) is 38.8 Å². The van der Waals surface area contributed by atoms with Gasteiger partial charge in [-0.25, -0.2) is 4.39 Å². The first-order valence-corrected chi connectivity index (χ1v) is 7.91. The summed E-state index contributed by atoms with van der Waals surface area (Å²) in [5, 5.41) is 0. The molecule has 126 valence electrons. The molecule has 1 aliphatic carbocycles. The van der Waals surface area contributed by atoms with Crippen molar-refractivity contribution in [2.24, 2.45) is 0 Å². The summed E-state index contributed by atoms with van der Waals surface area (Å²) in [7, 11) is 3.04. The van der Waals surface area contributed by atoms with Crippen LogP contribution in [-0.2, 0) is 6.54 Å². The summed E-state index contributed by atoms with van der Waals surface area (Å²) in [4.78, 5) is 14.8. The lowest BCUT2D eigenvalue weighted by molar-refractivity contribution is 0.0724. The Morgan fingerprint density at radius 3 is 2.50 bits per heavy atom. The first kappa shape index (κ1) is 16.3. The molecule has 1 fully saturated rings. The molecule has 0 N–H and O–H groups in total. The van der Waals surface area contributed by atoms with Gasteiger partial charge < -0.3 is 14.4 Å². The Bertz CT molecular complexity index is 743. The van der Waals surface area contributed by atoms with Gasteiger partial charge in [0.1, 0.15) is 5.82 Å². The molecule has 1 saturated carbocycles. The van der Waals surface area contributed by atoms with Gasteiger partial charge in [-0.2, -0.15) is 0 Å². The summed E-state index contributed by atoms with van der Waals surface area (Å²) < 4.78 is 24.6. The van der Waals surface area contributed by atoms with Gasteiger partial charge >= 0.3 is 0 Å². The van der Waals surface area contributed by atoms with Crippen LogP contribution in [0.3, 0.4) is 0 Å². The van der Waals surface area contributed by atoms with E-state index < -0.39 is 0 Å². The average molecular weight is 329 g/mol. The molecule has 5 heteroatoms. The van der Waals surface area contributed by atoms with Crippen LogP contribution < -0.4 is 9.47 Å². The van der Waals surface area contributed by atoms with Crippen LogP contribution in [0, 0.1) is 5.82 Å². The standard InChI is InChI=1S/C19H20FNO3/c1-23-17-9-5-7-15(18(17)24-2)19(22)21(14-10-11-14)12-13-6-3-4-8-16(13)20/h3-9,14H,10-12H2,1-2H3. The van der Waals surface area contributed by atoms with Gasteiger partial charge in [-0.3, -0.25) is 4.79 Å². The molecule has 0 saturated heterocycles. The molecule has 0 unspecified atom stereocenters. The second-order valence-electron chi connectivity index (χ2n) is 5.80. The molecule has 2 aromatic carbocycles. The number of halogens is 1. The predicted octanol–water partition coefficient (Wildman–Crippen LogP) is 3.65. The highest BCUT2D eigenvalue weighted by atomic mass is 19.1. The van der Waals surface area contributed by atoms with Gasteiger partial charge in [0.2, 0.25) is 0 Å². The zero-order valence-corrected chi connectivity index (χ0v) is 13.8. The maximum atomic E-state index is 14.0. The highest BCUT2D eigenvalue weighted by molar-refractivity contribution is 5.98. The molecule has 24 heavy (non-hydrogen) atoms. The molecular weight excluding hydrogens is 309 g/mol. The molecule has 0 atom stereocenters. The lowest BCUT2D eigenvalue weighted by Gasteiger charge is -2.24. The largest absolute Gasteiger partial charge is 0.493 e. The van der Waals surface area contributed by atoms with Gasteiger partial charge in [-0.05, 0) is 31.0 Å². The quantitative estimate of drug-likeness (QED) is 0.812. The van der Waals surface area contributed by atoms with Crippen LogP contribution in [0.1, 0.15) is 28.8 Å². The van der Waals surface area contributed by atoms with E-state index in [4.69, 9.17) is 9.47 Å². The van der Waals surface area contributed by atoms with Crippen LogP contribution in [-0.4, -0.2) is 31.1 Å². The third-order valence-electron chi connectivity index (χ3n) is 4.18. The third-order valence-corrected chi connectivity index (χ3v) is 4.18. The predicted molar refractivity (Wildman–Crippen MR) is 88.8 cm³/mol. The number of methoxy groups -OCH3 is 2. The lowest BCUT2D eigenvalue weighted by atomic mass is 10.1. The molecule has 2 aromatic rings. The van der Waals surface area contributed by atoms with E-state index in [1.165, 1.54) is 20.3 Å². The van der Waals surface area contributed by atoms with Crippen LogP contribution in [0.25, 0.3) is 0 Å². The molecule has 0 heterocycles. The van der Waals surface area contributed by atoms with Crippen molar-refractivity contribution in [1.82, 2.24) is 4.90 Å². The number of carbonyl (C=O) groups is 1. The second-order valence-corrected chi connectivity index (χ2v) is 5.80. The monoisotopic (exact) mass is 329 g/mol. The smallest absolute Gasteiger partial charge is 0.258 e. The Labute approximate surface area is 140 Å². The van der Waals surface area contributed by atoms with Gasteiger partial charge in [0, 0.05) is 18.2 Å². The van der Waals surface area contributed by atoms with E-state index in [0.29, 0.717) is 22.6 Å². The van der Waals surface area contributed by atoms with Crippen molar-refractivity contribution < 1.29 is 18.7 Å². The number of amides is 1. The van der Waals surface area contributed by atoms with Crippen molar-refractivity contribution in [3.8, 4) is 11.5 Å². The molecule has 1 aliphatic rings. The van der Waals surface area contributed by atoms with Gasteiger partial charge in [-0.15, -0.1) is 0 Å². The highest BCUT2D eigenvalue weighted by Gasteiger charge is 2.35. The van der Waals surface area contributed by atoms with Crippen LogP contribution in [0.15, 0.2) is 42.5 Å². The van der Waals surface area contributed by atoms with Crippen molar-refractivity contribution in [1.29, 1.82) is 0 Å².